The van der Waals surface area contributed by atoms with Gasteiger partial charge in [-0.1, -0.05) is 223 Å². The molecule has 0 bridgehead atoms. The summed E-state index contributed by atoms with van der Waals surface area (Å²) >= 11 is 0. The smallest absolute Gasteiger partial charge is 0.148 e. The molecule has 2 aromatic heterocycles. The standard InChI is InChI=1S/C74H66N3O.Pt/c1-73(2,3)61-38-39-68(64(48-61)55-24-15-9-16-25-55)77-69-29-19-28-63(70(69)76-72(77)66-46-58(50-22-13-8-14-23-50)45-65(71(66)78)56-26-17-10-18-27-56)59-42-60(44-62(43-59)74(4,5)6)67-47-57(40-41-75-67)54-36-34-53(35-37-54)52-32-30-51(31-33-52)49-20-11-7-12-21-49;/h7-29,34-41,43-48,51-52,78H,30-33H2,1-6H3;/q-1;/i51D,52D;. The van der Waals surface area contributed by atoms with Crippen molar-refractivity contribution in [2.24, 2.45) is 0 Å². The zero-order valence-electron chi connectivity index (χ0n) is 47.8. The molecule has 12 rings (SSSR count). The molecule has 1 fully saturated rings. The molecular weight excluding hydrogens is 1140 g/mol. The minimum atomic E-state index is -0.738. The van der Waals surface area contributed by atoms with Gasteiger partial charge >= 0.3 is 0 Å². The van der Waals surface area contributed by atoms with Crippen LogP contribution in [0.3, 0.4) is 0 Å². The number of phenolic OH excluding ortho intramolecular Hbond substituents is 1. The van der Waals surface area contributed by atoms with E-state index in [1.165, 1.54) is 5.56 Å². The van der Waals surface area contributed by atoms with Crippen LogP contribution in [0.5, 0.6) is 5.75 Å². The van der Waals surface area contributed by atoms with E-state index in [0.29, 0.717) is 37.1 Å². The summed E-state index contributed by atoms with van der Waals surface area (Å²) in [5.74, 6) is -0.629. The average molecular weight is 1210 g/mol. The predicted octanol–water partition coefficient (Wildman–Crippen LogP) is 19.6. The molecule has 11 aromatic rings. The third-order valence-corrected chi connectivity index (χ3v) is 15.7. The molecule has 1 aliphatic rings. The average Bonchev–Trinajstić information content (AvgIpc) is 3.60. The molecule has 1 aliphatic carbocycles. The Morgan fingerprint density at radius 2 is 1.01 bits per heavy atom. The molecule has 4 nitrogen and oxygen atoms in total. The van der Waals surface area contributed by atoms with Crippen molar-refractivity contribution in [2.75, 3.05) is 0 Å². The van der Waals surface area contributed by atoms with Gasteiger partial charge < -0.3 is 5.11 Å². The first kappa shape index (κ1) is 50.6. The maximum atomic E-state index is 12.8. The minimum absolute atomic E-state index is 0. The van der Waals surface area contributed by atoms with Crippen LogP contribution < -0.4 is 0 Å². The zero-order chi connectivity index (χ0) is 55.4. The number of hydrogen-bond acceptors (Lipinski definition) is 3. The predicted molar refractivity (Wildman–Crippen MR) is 325 cm³/mol. The van der Waals surface area contributed by atoms with Gasteiger partial charge in [-0.2, -0.15) is 0 Å². The number of para-hydroxylation sites is 1. The molecule has 0 spiro atoms. The third kappa shape index (κ3) is 10.8. The van der Waals surface area contributed by atoms with Gasteiger partial charge in [-0.25, -0.2) is 4.98 Å². The second kappa shape index (κ2) is 22.1. The zero-order valence-corrected chi connectivity index (χ0v) is 48.1. The quantitative estimate of drug-likeness (QED) is 0.139. The molecule has 79 heavy (non-hydrogen) atoms. The first-order valence-electron chi connectivity index (χ1n) is 28.4. The van der Waals surface area contributed by atoms with Crippen molar-refractivity contribution < 1.29 is 28.9 Å². The maximum Gasteiger partial charge on any atom is 0.148 e. The van der Waals surface area contributed by atoms with E-state index in [0.717, 1.165) is 100 Å². The molecule has 2 heterocycles. The molecule has 394 valence electrons. The summed E-state index contributed by atoms with van der Waals surface area (Å²) in [5.41, 5.74) is 18.6. The van der Waals surface area contributed by atoms with Crippen molar-refractivity contribution in [1.82, 2.24) is 14.5 Å². The summed E-state index contributed by atoms with van der Waals surface area (Å²) in [4.78, 5) is 10.7. The van der Waals surface area contributed by atoms with Gasteiger partial charge in [0.1, 0.15) is 11.6 Å². The van der Waals surface area contributed by atoms with Crippen LogP contribution in [0.2, 0.25) is 0 Å². The van der Waals surface area contributed by atoms with E-state index in [1.54, 1.807) is 0 Å². The molecular formula is C74H66N3OPt-. The van der Waals surface area contributed by atoms with E-state index < -0.39 is 11.8 Å². The van der Waals surface area contributed by atoms with Crippen LogP contribution >= 0.6 is 0 Å². The Bertz CT molecular complexity index is 4040. The number of phenols is 1. The number of hydrogen-bond donors (Lipinski definition) is 1. The summed E-state index contributed by atoms with van der Waals surface area (Å²) in [6, 6.07) is 79.6. The molecule has 0 saturated heterocycles. The summed E-state index contributed by atoms with van der Waals surface area (Å²) in [5, 5.41) is 12.8. The van der Waals surface area contributed by atoms with Gasteiger partial charge in [-0.3, -0.25) is 9.55 Å². The van der Waals surface area contributed by atoms with Crippen molar-refractivity contribution in [3.63, 3.8) is 0 Å². The molecule has 1 saturated carbocycles. The molecule has 0 aliphatic heterocycles. The van der Waals surface area contributed by atoms with Crippen molar-refractivity contribution >= 4 is 11.0 Å². The van der Waals surface area contributed by atoms with E-state index in [4.69, 9.17) is 9.97 Å². The fraction of sp³-hybridized carbons (Fsp3) is 0.189. The van der Waals surface area contributed by atoms with Gasteiger partial charge in [0.15, 0.2) is 0 Å². The van der Waals surface area contributed by atoms with E-state index in [-0.39, 0.29) is 37.6 Å². The van der Waals surface area contributed by atoms with Crippen LogP contribution in [0.25, 0.3) is 95.0 Å². The van der Waals surface area contributed by atoms with E-state index in [1.807, 2.05) is 60.8 Å². The SMILES string of the molecule is [2H]C1(c2ccccc2)CCC([2H])(c2ccc(-c3ccnc(-c4[c-]c(-c5cccc6c5nc(-c5cc(-c7ccccc7)cc(-c7ccccc7)c5O)n6-c5ccc(C(C)(C)C)cc5-c5ccccc5)cc(C(C)(C)C)c4)c3)cc2)CC1.[Pt]. The number of aromatic hydroxyl groups is 1. The Labute approximate surface area is 484 Å². The van der Waals surface area contributed by atoms with Crippen molar-refractivity contribution in [2.45, 2.75) is 89.8 Å². The van der Waals surface area contributed by atoms with Crippen LogP contribution in [0.4, 0.5) is 0 Å². The summed E-state index contributed by atoms with van der Waals surface area (Å²) in [6.45, 7) is 13.5. The molecule has 0 radical (unpaired) electrons. The number of fused-ring (bicyclic) bond motifs is 1. The fourth-order valence-electron chi connectivity index (χ4n) is 11.3. The van der Waals surface area contributed by atoms with E-state index in [2.05, 4.69) is 216 Å². The Balaban J connectivity index is 0.00000690. The molecule has 1 N–H and O–H groups in total. The molecule has 0 unspecified atom stereocenters. The van der Waals surface area contributed by atoms with Gasteiger partial charge in [0.25, 0.3) is 0 Å². The number of nitrogens with zero attached hydrogens (tertiary/aromatic N) is 3. The summed E-state index contributed by atoms with van der Waals surface area (Å²) in [7, 11) is 0. The van der Waals surface area contributed by atoms with Crippen molar-refractivity contribution in [1.29, 1.82) is 0 Å². The van der Waals surface area contributed by atoms with Crippen LogP contribution in [0, 0.1) is 6.07 Å². The first-order valence-corrected chi connectivity index (χ1v) is 27.4. The molecule has 0 amide bonds. The van der Waals surface area contributed by atoms with Gasteiger partial charge in [0, 0.05) is 46.8 Å². The third-order valence-electron chi connectivity index (χ3n) is 15.7. The Hall–Kier alpha value is -7.91. The van der Waals surface area contributed by atoms with E-state index in [9.17, 15) is 7.85 Å². The van der Waals surface area contributed by atoms with Gasteiger partial charge in [0.05, 0.1) is 22.3 Å². The number of aromatic nitrogens is 3. The summed E-state index contributed by atoms with van der Waals surface area (Å²) < 4.78 is 21.1. The molecule has 9 aromatic carbocycles. The van der Waals surface area contributed by atoms with Crippen molar-refractivity contribution in [3.05, 3.63) is 253 Å². The van der Waals surface area contributed by atoms with Crippen LogP contribution in [-0.2, 0) is 31.9 Å². The van der Waals surface area contributed by atoms with Gasteiger partial charge in [0.2, 0.25) is 0 Å². The Kier molecular flexibility index (Phi) is 14.1. The van der Waals surface area contributed by atoms with Crippen LogP contribution in [0.1, 0.15) is 104 Å². The maximum absolute atomic E-state index is 12.8. The molecule has 5 heteroatoms. The number of imidazole rings is 1. The number of rotatable bonds is 10. The number of benzene rings is 9. The van der Waals surface area contributed by atoms with Gasteiger partial charge in [-0.15, -0.1) is 29.3 Å². The van der Waals surface area contributed by atoms with Crippen LogP contribution in [0.15, 0.2) is 225 Å². The van der Waals surface area contributed by atoms with Gasteiger partial charge in [-0.05, 0) is 135 Å². The minimum Gasteiger partial charge on any atom is -0.507 e. The largest absolute Gasteiger partial charge is 0.507 e. The second-order valence-electron chi connectivity index (χ2n) is 23.0. The second-order valence-corrected chi connectivity index (χ2v) is 23.0. The normalized spacial score (nSPS) is 16.9. The van der Waals surface area contributed by atoms with Crippen molar-refractivity contribution in [3.8, 4) is 89.7 Å². The monoisotopic (exact) mass is 1210 g/mol. The topological polar surface area (TPSA) is 50.9 Å². The fourth-order valence-corrected chi connectivity index (χ4v) is 11.3. The van der Waals surface area contributed by atoms with Crippen LogP contribution in [-0.4, -0.2) is 19.6 Å². The van der Waals surface area contributed by atoms with E-state index >= 15 is 0 Å². The first-order chi connectivity index (χ1) is 38.5. The summed E-state index contributed by atoms with van der Waals surface area (Å²) in [6.07, 6.45) is 4.47. The Morgan fingerprint density at radius 3 is 1.63 bits per heavy atom. The number of pyridine rings is 1. The Morgan fingerprint density at radius 1 is 0.468 bits per heavy atom. The molecule has 0 atom stereocenters.